The maximum atomic E-state index is 12.3. The third kappa shape index (κ3) is 4.49. The monoisotopic (exact) mass is 387 g/mol. The molecule has 28 heavy (non-hydrogen) atoms. The van der Waals surface area contributed by atoms with Gasteiger partial charge in [-0.2, -0.15) is 0 Å². The Kier molecular flexibility index (Phi) is 6.28. The van der Waals surface area contributed by atoms with E-state index in [-0.39, 0.29) is 29.8 Å². The summed E-state index contributed by atoms with van der Waals surface area (Å²) in [5.74, 6) is -1.59. The van der Waals surface area contributed by atoms with Crippen LogP contribution in [0.2, 0.25) is 0 Å². The number of carbonyl (C=O) groups is 4. The number of carboxylic acid groups (broad SMARTS) is 1. The number of imide groups is 1. The van der Waals surface area contributed by atoms with Crippen molar-refractivity contribution < 1.29 is 24.3 Å². The minimum Gasteiger partial charge on any atom is -0.481 e. The average molecular weight is 387 g/mol. The van der Waals surface area contributed by atoms with Crippen LogP contribution >= 0.6 is 0 Å². The second-order valence-electron chi connectivity index (χ2n) is 7.30. The molecule has 1 aromatic rings. The van der Waals surface area contributed by atoms with Gasteiger partial charge in [0.25, 0.3) is 11.8 Å². The lowest BCUT2D eigenvalue weighted by Gasteiger charge is -2.26. The lowest BCUT2D eigenvalue weighted by molar-refractivity contribution is -0.142. The van der Waals surface area contributed by atoms with Crippen molar-refractivity contribution in [1.29, 1.82) is 0 Å². The Labute approximate surface area is 163 Å². The number of hydrogen-bond acceptors (Lipinski definition) is 4. The molecule has 3 N–H and O–H groups in total. The van der Waals surface area contributed by atoms with Crippen molar-refractivity contribution in [2.75, 3.05) is 13.1 Å². The maximum Gasteiger partial charge on any atom is 0.315 e. The van der Waals surface area contributed by atoms with Crippen molar-refractivity contribution in [2.45, 2.75) is 44.6 Å². The van der Waals surface area contributed by atoms with Gasteiger partial charge in [0.2, 0.25) is 0 Å². The van der Waals surface area contributed by atoms with Gasteiger partial charge in [0.15, 0.2) is 0 Å². The summed E-state index contributed by atoms with van der Waals surface area (Å²) in [7, 11) is 0. The molecule has 1 aromatic carbocycles. The molecule has 0 bridgehead atoms. The van der Waals surface area contributed by atoms with E-state index >= 15 is 0 Å². The number of aliphatic carboxylic acids is 1. The third-order valence-corrected chi connectivity index (χ3v) is 5.38. The van der Waals surface area contributed by atoms with Crippen molar-refractivity contribution >= 4 is 23.8 Å². The molecule has 8 heteroatoms. The largest absolute Gasteiger partial charge is 0.481 e. The lowest BCUT2D eigenvalue weighted by Crippen LogP contribution is -2.44. The second-order valence-corrected chi connectivity index (χ2v) is 7.30. The summed E-state index contributed by atoms with van der Waals surface area (Å²) in [6.45, 7) is 0.772. The van der Waals surface area contributed by atoms with Crippen LogP contribution < -0.4 is 10.6 Å². The van der Waals surface area contributed by atoms with Gasteiger partial charge in [-0.25, -0.2) is 4.79 Å². The quantitative estimate of drug-likeness (QED) is 0.489. The Morgan fingerprint density at radius 2 is 1.61 bits per heavy atom. The number of urea groups is 1. The zero-order chi connectivity index (χ0) is 20.1. The van der Waals surface area contributed by atoms with Crippen LogP contribution in [0, 0.1) is 5.92 Å². The van der Waals surface area contributed by atoms with E-state index in [1.165, 1.54) is 4.90 Å². The minimum atomic E-state index is -0.763. The first-order chi connectivity index (χ1) is 13.5. The van der Waals surface area contributed by atoms with Crippen LogP contribution in [0.25, 0.3) is 0 Å². The van der Waals surface area contributed by atoms with E-state index < -0.39 is 5.97 Å². The van der Waals surface area contributed by atoms with Gasteiger partial charge in [0.05, 0.1) is 17.0 Å². The molecule has 0 aromatic heterocycles. The molecule has 4 amide bonds. The molecule has 0 spiro atoms. The van der Waals surface area contributed by atoms with Gasteiger partial charge in [0.1, 0.15) is 0 Å². The highest BCUT2D eigenvalue weighted by Crippen LogP contribution is 2.24. The van der Waals surface area contributed by atoms with Crippen molar-refractivity contribution in [3.8, 4) is 0 Å². The highest BCUT2D eigenvalue weighted by atomic mass is 16.4. The average Bonchev–Trinajstić information content (AvgIpc) is 2.93. The first-order valence-corrected chi connectivity index (χ1v) is 9.69. The Morgan fingerprint density at radius 1 is 1.00 bits per heavy atom. The fourth-order valence-electron chi connectivity index (χ4n) is 3.76. The molecule has 0 unspecified atom stereocenters. The minimum absolute atomic E-state index is 0.00828. The molecule has 1 aliphatic carbocycles. The highest BCUT2D eigenvalue weighted by molar-refractivity contribution is 6.21. The molecule has 150 valence electrons. The van der Waals surface area contributed by atoms with Crippen molar-refractivity contribution in [3.05, 3.63) is 35.4 Å². The van der Waals surface area contributed by atoms with Crippen molar-refractivity contribution in [1.82, 2.24) is 15.5 Å². The van der Waals surface area contributed by atoms with E-state index in [0.717, 1.165) is 0 Å². The van der Waals surface area contributed by atoms with Gasteiger partial charge in [-0.3, -0.25) is 19.3 Å². The van der Waals surface area contributed by atoms with E-state index in [1.807, 2.05) is 0 Å². The number of carboxylic acids is 1. The fourth-order valence-corrected chi connectivity index (χ4v) is 3.76. The van der Waals surface area contributed by atoms with E-state index in [9.17, 15) is 19.2 Å². The molecular formula is C20H25N3O5. The van der Waals surface area contributed by atoms with Crippen LogP contribution in [0.1, 0.15) is 59.2 Å². The molecule has 0 saturated heterocycles. The summed E-state index contributed by atoms with van der Waals surface area (Å²) in [6, 6.07) is 6.54. The molecule has 8 nitrogen and oxygen atoms in total. The summed E-state index contributed by atoms with van der Waals surface area (Å²) in [5.41, 5.74) is 0.894. The number of benzene rings is 1. The highest BCUT2D eigenvalue weighted by Gasteiger charge is 2.34. The van der Waals surface area contributed by atoms with Gasteiger partial charge < -0.3 is 15.7 Å². The molecule has 0 atom stereocenters. The molecule has 1 aliphatic heterocycles. The van der Waals surface area contributed by atoms with E-state index in [2.05, 4.69) is 10.6 Å². The number of nitrogens with zero attached hydrogens (tertiary/aromatic N) is 1. The van der Waals surface area contributed by atoms with E-state index in [1.54, 1.807) is 24.3 Å². The van der Waals surface area contributed by atoms with Crippen LogP contribution in [-0.2, 0) is 4.79 Å². The fraction of sp³-hybridized carbons (Fsp3) is 0.500. The zero-order valence-corrected chi connectivity index (χ0v) is 15.6. The molecule has 1 fully saturated rings. The van der Waals surface area contributed by atoms with Crippen molar-refractivity contribution in [2.24, 2.45) is 5.92 Å². The Hall–Kier alpha value is -2.90. The van der Waals surface area contributed by atoms with Crippen LogP contribution in [0.4, 0.5) is 4.79 Å². The maximum absolute atomic E-state index is 12.3. The van der Waals surface area contributed by atoms with Gasteiger partial charge >= 0.3 is 12.0 Å². The Balaban J connectivity index is 1.31. The van der Waals surface area contributed by atoms with Crippen LogP contribution in [0.15, 0.2) is 24.3 Å². The molecular weight excluding hydrogens is 362 g/mol. The number of nitrogens with one attached hydrogen (secondary N) is 2. The Bertz CT molecular complexity index is 736. The topological polar surface area (TPSA) is 116 Å². The predicted octanol–water partition coefficient (Wildman–Crippen LogP) is 2.01. The normalized spacial score (nSPS) is 21.4. The second kappa shape index (κ2) is 8.86. The van der Waals surface area contributed by atoms with Gasteiger partial charge in [-0.05, 0) is 50.7 Å². The van der Waals surface area contributed by atoms with Gasteiger partial charge in [-0.1, -0.05) is 12.1 Å². The number of rotatable bonds is 7. The van der Waals surface area contributed by atoms with Crippen LogP contribution in [0.5, 0.6) is 0 Å². The lowest BCUT2D eigenvalue weighted by atomic mass is 9.86. The summed E-state index contributed by atoms with van der Waals surface area (Å²) in [6.07, 6.45) is 3.76. The predicted molar refractivity (Wildman–Crippen MR) is 101 cm³/mol. The third-order valence-electron chi connectivity index (χ3n) is 5.38. The molecule has 3 rings (SSSR count). The molecule has 0 radical (unpaired) electrons. The summed E-state index contributed by atoms with van der Waals surface area (Å²) in [5, 5.41) is 14.6. The van der Waals surface area contributed by atoms with Crippen LogP contribution in [-0.4, -0.2) is 53.0 Å². The van der Waals surface area contributed by atoms with Gasteiger partial charge in [-0.15, -0.1) is 0 Å². The molecule has 1 heterocycles. The number of carbonyl (C=O) groups excluding carboxylic acids is 3. The number of hydrogen-bond donors (Lipinski definition) is 3. The summed E-state index contributed by atoms with van der Waals surface area (Å²) < 4.78 is 0. The van der Waals surface area contributed by atoms with Crippen LogP contribution in [0.3, 0.4) is 0 Å². The SMILES string of the molecule is O=C(NCCCCN1C(=O)c2ccccc2C1=O)NC1CCC(C(=O)O)CC1. The summed E-state index contributed by atoms with van der Waals surface area (Å²) in [4.78, 5) is 48.6. The van der Waals surface area contributed by atoms with E-state index in [0.29, 0.717) is 62.7 Å². The summed E-state index contributed by atoms with van der Waals surface area (Å²) >= 11 is 0. The Morgan fingerprint density at radius 3 is 2.18 bits per heavy atom. The standard InChI is InChI=1S/C20H25N3O5/c24-17-15-5-1-2-6-16(15)18(25)23(17)12-4-3-11-21-20(28)22-14-9-7-13(8-10-14)19(26)27/h1-2,5-6,13-14H,3-4,7-12H2,(H,26,27)(H2,21,22,28). The molecule has 1 saturated carbocycles. The number of fused-ring (bicyclic) bond motifs is 1. The number of amides is 4. The zero-order valence-electron chi connectivity index (χ0n) is 15.6. The first kappa shape index (κ1) is 19.9. The number of unbranched alkanes of at least 4 members (excludes halogenated alkanes) is 1. The smallest absolute Gasteiger partial charge is 0.315 e. The molecule has 2 aliphatic rings. The van der Waals surface area contributed by atoms with Gasteiger partial charge in [0, 0.05) is 19.1 Å². The first-order valence-electron chi connectivity index (χ1n) is 9.69. The van der Waals surface area contributed by atoms with E-state index in [4.69, 9.17) is 5.11 Å². The van der Waals surface area contributed by atoms with Crippen molar-refractivity contribution in [3.63, 3.8) is 0 Å².